The smallest absolute Gasteiger partial charge is 0.234 e. The molecule has 0 spiro atoms. The van der Waals surface area contributed by atoms with Crippen LogP contribution in [0, 0.1) is 25.2 Å². The Hall–Kier alpha value is -3.01. The summed E-state index contributed by atoms with van der Waals surface area (Å²) >= 11 is 7.36. The summed E-state index contributed by atoms with van der Waals surface area (Å²) in [5, 5.41) is 17.6. The van der Waals surface area contributed by atoms with Crippen molar-refractivity contribution in [3.05, 3.63) is 86.0 Å². The van der Waals surface area contributed by atoms with Gasteiger partial charge in [0.25, 0.3) is 0 Å². The number of carbonyl (C=O) groups excluding carboxylic acids is 2. The summed E-state index contributed by atoms with van der Waals surface area (Å²) in [6.07, 6.45) is 1.98. The van der Waals surface area contributed by atoms with Gasteiger partial charge in [-0.25, -0.2) is 0 Å². The van der Waals surface area contributed by atoms with Crippen molar-refractivity contribution in [3.63, 3.8) is 0 Å². The molecule has 2 N–H and O–H groups in total. The van der Waals surface area contributed by atoms with E-state index in [2.05, 4.69) is 16.7 Å². The number of hydrogen-bond acceptors (Lipinski definition) is 5. The van der Waals surface area contributed by atoms with E-state index in [0.29, 0.717) is 27.6 Å². The van der Waals surface area contributed by atoms with Crippen LogP contribution in [0.4, 0.5) is 5.69 Å². The van der Waals surface area contributed by atoms with Gasteiger partial charge in [-0.3, -0.25) is 9.59 Å². The molecule has 2 aliphatic rings. The van der Waals surface area contributed by atoms with Crippen LogP contribution in [-0.2, 0) is 9.59 Å². The number of aryl methyl sites for hydroxylation is 1. The van der Waals surface area contributed by atoms with Crippen molar-refractivity contribution in [3.8, 4) is 6.07 Å². The molecule has 0 bridgehead atoms. The lowest BCUT2D eigenvalue weighted by atomic mass is 9.77. The van der Waals surface area contributed by atoms with E-state index in [4.69, 9.17) is 11.6 Å². The van der Waals surface area contributed by atoms with Gasteiger partial charge in [-0.15, -0.1) is 0 Å². The average Bonchev–Trinajstić information content (AvgIpc) is 2.80. The minimum absolute atomic E-state index is 0.0631. The van der Waals surface area contributed by atoms with Crippen LogP contribution in [-0.4, -0.2) is 17.4 Å². The minimum atomic E-state index is -0.458. The van der Waals surface area contributed by atoms with Gasteiger partial charge in [-0.2, -0.15) is 5.26 Å². The van der Waals surface area contributed by atoms with Crippen molar-refractivity contribution in [1.82, 2.24) is 5.32 Å². The Morgan fingerprint density at radius 3 is 2.70 bits per heavy atom. The number of halogens is 1. The van der Waals surface area contributed by atoms with Crippen LogP contribution >= 0.6 is 23.4 Å². The number of anilines is 1. The van der Waals surface area contributed by atoms with Crippen LogP contribution < -0.4 is 10.6 Å². The molecule has 1 atom stereocenters. The van der Waals surface area contributed by atoms with Gasteiger partial charge in [0, 0.05) is 28.4 Å². The second-order valence-corrected chi connectivity index (χ2v) is 9.64. The van der Waals surface area contributed by atoms with Gasteiger partial charge >= 0.3 is 0 Å². The van der Waals surface area contributed by atoms with Crippen molar-refractivity contribution in [1.29, 1.82) is 5.26 Å². The SMILES string of the molecule is Cc1cccc(NC(=O)CSC2=C(C#N)C(c3ccc(Cl)cc3)C3=C(CCCC3=O)N2)c1C. The average molecular weight is 478 g/mol. The minimum Gasteiger partial charge on any atom is -0.352 e. The van der Waals surface area contributed by atoms with Crippen molar-refractivity contribution < 1.29 is 9.59 Å². The van der Waals surface area contributed by atoms with Gasteiger partial charge in [0.1, 0.15) is 0 Å². The monoisotopic (exact) mass is 477 g/mol. The predicted molar refractivity (Wildman–Crippen MR) is 133 cm³/mol. The zero-order valence-electron chi connectivity index (χ0n) is 18.5. The number of hydrogen-bond donors (Lipinski definition) is 2. The Balaban J connectivity index is 1.61. The van der Waals surface area contributed by atoms with Crippen molar-refractivity contribution in [2.75, 3.05) is 11.1 Å². The lowest BCUT2D eigenvalue weighted by Gasteiger charge is -2.33. The third-order valence-corrected chi connectivity index (χ3v) is 7.36. The van der Waals surface area contributed by atoms with Gasteiger partial charge in [0.15, 0.2) is 5.78 Å². The number of nitrogens with one attached hydrogen (secondary N) is 2. The largest absolute Gasteiger partial charge is 0.352 e. The van der Waals surface area contributed by atoms with Crippen molar-refractivity contribution in [2.24, 2.45) is 0 Å². The second kappa shape index (κ2) is 9.86. The third-order valence-electron chi connectivity index (χ3n) is 6.09. The highest BCUT2D eigenvalue weighted by Gasteiger charge is 2.37. The molecule has 1 amide bonds. The Morgan fingerprint density at radius 2 is 1.97 bits per heavy atom. The van der Waals surface area contributed by atoms with Gasteiger partial charge in [0.05, 0.1) is 28.3 Å². The maximum Gasteiger partial charge on any atom is 0.234 e. The number of benzene rings is 2. The van der Waals surface area contributed by atoms with E-state index in [0.717, 1.165) is 40.9 Å². The second-order valence-electron chi connectivity index (χ2n) is 8.22. The molecule has 1 aliphatic heterocycles. The summed E-state index contributed by atoms with van der Waals surface area (Å²) in [5.74, 6) is -0.401. The zero-order valence-corrected chi connectivity index (χ0v) is 20.1. The van der Waals surface area contributed by atoms with E-state index >= 15 is 0 Å². The van der Waals surface area contributed by atoms with E-state index in [9.17, 15) is 14.9 Å². The fourth-order valence-corrected chi connectivity index (χ4v) is 5.22. The Bertz CT molecular complexity index is 1230. The molecule has 0 aromatic heterocycles. The number of amides is 1. The summed E-state index contributed by atoms with van der Waals surface area (Å²) in [6, 6.07) is 15.4. The Kier molecular flexibility index (Phi) is 6.92. The molecule has 0 radical (unpaired) electrons. The van der Waals surface area contributed by atoms with Crippen LogP contribution in [0.1, 0.15) is 41.9 Å². The molecule has 2 aromatic rings. The summed E-state index contributed by atoms with van der Waals surface area (Å²) < 4.78 is 0. The summed E-state index contributed by atoms with van der Waals surface area (Å²) in [5.41, 5.74) is 5.73. The number of ketones is 1. The fourth-order valence-electron chi connectivity index (χ4n) is 4.24. The molecule has 7 heteroatoms. The highest BCUT2D eigenvalue weighted by molar-refractivity contribution is 8.03. The van der Waals surface area contributed by atoms with E-state index in [1.807, 2.05) is 44.2 Å². The maximum absolute atomic E-state index is 12.8. The fraction of sp³-hybridized carbons (Fsp3) is 0.269. The highest BCUT2D eigenvalue weighted by atomic mass is 35.5. The first-order valence-corrected chi connectivity index (χ1v) is 12.2. The first kappa shape index (κ1) is 23.2. The number of allylic oxidation sites excluding steroid dienone is 3. The first-order valence-electron chi connectivity index (χ1n) is 10.8. The number of nitriles is 1. The third kappa shape index (κ3) is 4.85. The van der Waals surface area contributed by atoms with E-state index in [1.165, 1.54) is 11.8 Å². The first-order chi connectivity index (χ1) is 15.9. The lowest BCUT2D eigenvalue weighted by Crippen LogP contribution is -2.31. The normalized spacial score (nSPS) is 17.9. The molecule has 0 saturated heterocycles. The summed E-state index contributed by atoms with van der Waals surface area (Å²) in [7, 11) is 0. The molecule has 0 saturated carbocycles. The van der Waals surface area contributed by atoms with Crippen LogP contribution in [0.25, 0.3) is 0 Å². The topological polar surface area (TPSA) is 82.0 Å². The number of carbonyl (C=O) groups is 2. The molecule has 1 heterocycles. The highest BCUT2D eigenvalue weighted by Crippen LogP contribution is 2.44. The Morgan fingerprint density at radius 1 is 1.21 bits per heavy atom. The summed E-state index contributed by atoms with van der Waals surface area (Å²) in [4.78, 5) is 25.5. The van der Waals surface area contributed by atoms with Crippen molar-refractivity contribution in [2.45, 2.75) is 39.0 Å². The molecular weight excluding hydrogens is 454 g/mol. The standard InChI is InChI=1S/C26H24ClN3O2S/c1-15-5-3-6-20(16(15)2)29-23(32)14-33-26-19(13-28)24(17-9-11-18(27)12-10-17)25-21(30-26)7-4-8-22(25)31/h3,5-6,9-12,24,30H,4,7-8,14H2,1-2H3,(H,29,32). The van der Waals surface area contributed by atoms with Gasteiger partial charge < -0.3 is 10.6 Å². The number of Topliss-reactive ketones (excluding diaryl/α,β-unsaturated/α-hetero) is 1. The molecule has 2 aromatic carbocycles. The molecule has 33 heavy (non-hydrogen) atoms. The molecule has 0 fully saturated rings. The maximum atomic E-state index is 12.8. The number of rotatable bonds is 5. The zero-order chi connectivity index (χ0) is 23.5. The van der Waals surface area contributed by atoms with E-state index in [-0.39, 0.29) is 17.4 Å². The van der Waals surface area contributed by atoms with Crippen LogP contribution in [0.3, 0.4) is 0 Å². The Labute approximate surface area is 202 Å². The lowest BCUT2D eigenvalue weighted by molar-refractivity contribution is -0.116. The molecular formula is C26H24ClN3O2S. The molecule has 5 nitrogen and oxygen atoms in total. The number of dihydropyridines is 1. The number of thioether (sulfide) groups is 1. The molecule has 1 aliphatic carbocycles. The number of nitrogens with zero attached hydrogens (tertiary/aromatic N) is 1. The predicted octanol–water partition coefficient (Wildman–Crippen LogP) is 5.76. The molecule has 168 valence electrons. The van der Waals surface area contributed by atoms with Gasteiger partial charge in [0.2, 0.25) is 5.91 Å². The van der Waals surface area contributed by atoms with Gasteiger partial charge in [-0.1, -0.05) is 47.6 Å². The van der Waals surface area contributed by atoms with Crippen LogP contribution in [0.5, 0.6) is 0 Å². The quantitative estimate of drug-likeness (QED) is 0.572. The summed E-state index contributed by atoms with van der Waals surface area (Å²) in [6.45, 7) is 3.98. The van der Waals surface area contributed by atoms with Crippen LogP contribution in [0.15, 0.2) is 64.3 Å². The van der Waals surface area contributed by atoms with E-state index < -0.39 is 5.92 Å². The van der Waals surface area contributed by atoms with Crippen LogP contribution in [0.2, 0.25) is 5.02 Å². The molecule has 4 rings (SSSR count). The molecule has 1 unspecified atom stereocenters. The van der Waals surface area contributed by atoms with Gasteiger partial charge in [-0.05, 0) is 61.6 Å². The van der Waals surface area contributed by atoms with Crippen molar-refractivity contribution >= 4 is 40.7 Å². The van der Waals surface area contributed by atoms with E-state index in [1.54, 1.807) is 12.1 Å².